The van der Waals surface area contributed by atoms with E-state index in [-0.39, 0.29) is 63.0 Å². The first-order valence-electron chi connectivity index (χ1n) is 26.6. The number of benzene rings is 1. The number of unbranched alkanes of at least 4 members (excludes halogenated alkanes) is 16. The van der Waals surface area contributed by atoms with Crippen LogP contribution in [0.1, 0.15) is 214 Å². The van der Waals surface area contributed by atoms with Crippen molar-refractivity contribution in [1.29, 1.82) is 0 Å². The number of esters is 4. The van der Waals surface area contributed by atoms with Crippen molar-refractivity contribution in [2.45, 2.75) is 227 Å². The van der Waals surface area contributed by atoms with Gasteiger partial charge in [0.05, 0.1) is 24.9 Å². The zero-order chi connectivity index (χ0) is 49.7. The van der Waals surface area contributed by atoms with E-state index in [1.54, 1.807) is 13.8 Å². The number of rotatable bonds is 42. The van der Waals surface area contributed by atoms with Gasteiger partial charge in [0.2, 0.25) is 5.91 Å². The molecule has 3 unspecified atom stereocenters. The third-order valence-corrected chi connectivity index (χ3v) is 12.7. The summed E-state index contributed by atoms with van der Waals surface area (Å²) in [6, 6.07) is 7.90. The quantitative estimate of drug-likeness (QED) is 0.0365. The highest BCUT2D eigenvalue weighted by atomic mass is 16.6. The molecule has 0 aromatic heterocycles. The van der Waals surface area contributed by atoms with Gasteiger partial charge in [-0.15, -0.1) is 0 Å². The van der Waals surface area contributed by atoms with E-state index in [4.69, 9.17) is 18.9 Å². The number of aliphatic hydroxyl groups excluding tert-OH is 1. The van der Waals surface area contributed by atoms with Crippen LogP contribution in [0.15, 0.2) is 24.3 Å². The molecule has 0 aliphatic heterocycles. The van der Waals surface area contributed by atoms with E-state index in [0.717, 1.165) is 127 Å². The van der Waals surface area contributed by atoms with E-state index in [9.17, 15) is 29.1 Å². The Labute approximate surface area is 407 Å². The smallest absolute Gasteiger partial charge is 0.309 e. The van der Waals surface area contributed by atoms with Gasteiger partial charge in [0.1, 0.15) is 19.3 Å². The summed E-state index contributed by atoms with van der Waals surface area (Å²) in [4.78, 5) is 68.1. The van der Waals surface area contributed by atoms with Crippen molar-refractivity contribution in [2.24, 2.45) is 17.3 Å². The van der Waals surface area contributed by atoms with Crippen LogP contribution in [-0.4, -0.2) is 87.6 Å². The Kier molecular flexibility index (Phi) is 35.0. The third kappa shape index (κ3) is 29.7. The lowest BCUT2D eigenvalue weighted by atomic mass is 9.87. The second-order valence-corrected chi connectivity index (χ2v) is 19.7. The lowest BCUT2D eigenvalue weighted by Crippen LogP contribution is -2.46. The molecule has 2 N–H and O–H groups in total. The highest BCUT2D eigenvalue weighted by Crippen LogP contribution is 2.25. The SMILES string of the molecule is CCCCCCCCC(CCCCCC)C(=O)OCC(COC(=O)CCNC(=O)[C@H](O)C(C)(C)COC(=O)CCc1ccc(N(C)C)cc1)OC(=O)C(CCCCCC)CCCCCCCC. The number of hydrogen-bond acceptors (Lipinski definition) is 11. The average molecular weight is 945 g/mol. The van der Waals surface area contributed by atoms with Crippen LogP contribution in [0.5, 0.6) is 0 Å². The summed E-state index contributed by atoms with van der Waals surface area (Å²) in [6.45, 7) is 11.2. The Bertz CT molecular complexity index is 1470. The molecule has 12 nitrogen and oxygen atoms in total. The largest absolute Gasteiger partial charge is 0.465 e. The van der Waals surface area contributed by atoms with Gasteiger partial charge in [-0.05, 0) is 49.8 Å². The zero-order valence-corrected chi connectivity index (χ0v) is 43.6. The summed E-state index contributed by atoms with van der Waals surface area (Å²) in [6.07, 6.45) is 22.8. The van der Waals surface area contributed by atoms with Gasteiger partial charge in [-0.25, -0.2) is 0 Å². The van der Waals surface area contributed by atoms with E-state index < -0.39 is 35.5 Å². The zero-order valence-electron chi connectivity index (χ0n) is 43.6. The third-order valence-electron chi connectivity index (χ3n) is 12.7. The number of amides is 1. The maximum atomic E-state index is 13.9. The van der Waals surface area contributed by atoms with Gasteiger partial charge >= 0.3 is 23.9 Å². The molecular weight excluding hydrogens is 849 g/mol. The molecule has 4 atom stereocenters. The Morgan fingerprint density at radius 3 is 1.51 bits per heavy atom. The minimum absolute atomic E-state index is 0.118. The van der Waals surface area contributed by atoms with Crippen LogP contribution in [0, 0.1) is 17.3 Å². The number of aryl methyl sites for hydroxylation is 1. The number of nitrogens with one attached hydrogen (secondary N) is 1. The number of ether oxygens (including phenoxy) is 4. The number of nitrogens with zero attached hydrogens (tertiary/aromatic N) is 1. The van der Waals surface area contributed by atoms with Crippen LogP contribution in [-0.2, 0) is 49.3 Å². The predicted molar refractivity (Wildman–Crippen MR) is 270 cm³/mol. The highest BCUT2D eigenvalue weighted by molar-refractivity contribution is 5.82. The van der Waals surface area contributed by atoms with E-state index in [2.05, 4.69) is 33.0 Å². The van der Waals surface area contributed by atoms with E-state index in [1.165, 1.54) is 38.5 Å². The number of hydrogen-bond donors (Lipinski definition) is 2. The highest BCUT2D eigenvalue weighted by Gasteiger charge is 2.35. The number of aliphatic hydroxyl groups is 1. The van der Waals surface area contributed by atoms with Crippen LogP contribution in [0.3, 0.4) is 0 Å². The Morgan fingerprint density at radius 1 is 0.582 bits per heavy atom. The van der Waals surface area contributed by atoms with Crippen molar-refractivity contribution in [1.82, 2.24) is 5.32 Å². The molecule has 0 fully saturated rings. The molecule has 1 rings (SSSR count). The summed E-state index contributed by atoms with van der Waals surface area (Å²) in [5.41, 5.74) is 0.953. The first-order valence-corrected chi connectivity index (χ1v) is 26.6. The fourth-order valence-corrected chi connectivity index (χ4v) is 8.03. The topological polar surface area (TPSA) is 158 Å². The van der Waals surface area contributed by atoms with Crippen molar-refractivity contribution in [3.05, 3.63) is 29.8 Å². The summed E-state index contributed by atoms with van der Waals surface area (Å²) in [5.74, 6) is -2.99. The fourth-order valence-electron chi connectivity index (χ4n) is 8.03. The Balaban J connectivity index is 2.92. The predicted octanol–water partition coefficient (Wildman–Crippen LogP) is 11.8. The molecule has 12 heteroatoms. The van der Waals surface area contributed by atoms with Gasteiger partial charge in [0.15, 0.2) is 6.10 Å². The fraction of sp³-hybridized carbons (Fsp3) is 0.800. The van der Waals surface area contributed by atoms with Crippen LogP contribution in [0.25, 0.3) is 0 Å². The molecule has 1 aromatic rings. The van der Waals surface area contributed by atoms with Crippen LogP contribution < -0.4 is 10.2 Å². The molecule has 1 amide bonds. The molecular formula is C55H96N2O10. The van der Waals surface area contributed by atoms with Gasteiger partial charge in [0, 0.05) is 38.2 Å². The standard InChI is InChI=1S/C55H96N2O10/c1-9-13-17-21-23-27-30-45(29-25-19-15-11-3)53(62)65-42-48(67-54(63)46(31-26-20-16-12-4)32-28-24-22-18-14-10-2)41-64-50(59)39-40-56-52(61)51(60)55(5,6)43-66-49(58)38-35-44-33-36-47(37-34-44)57(7)8/h33-34,36-37,45-46,48,51,60H,9-32,35,38-43H2,1-8H3,(H,56,61)/t45?,46?,48?,51-/m0/s1. The van der Waals surface area contributed by atoms with Crippen molar-refractivity contribution < 1.29 is 48.0 Å². The van der Waals surface area contributed by atoms with Crippen molar-refractivity contribution >= 4 is 35.5 Å². The molecule has 0 spiro atoms. The van der Waals surface area contributed by atoms with Gasteiger partial charge in [0.25, 0.3) is 0 Å². The van der Waals surface area contributed by atoms with E-state index >= 15 is 0 Å². The number of carbonyl (C=O) groups is 5. The summed E-state index contributed by atoms with van der Waals surface area (Å²) >= 11 is 0. The van der Waals surface area contributed by atoms with Crippen LogP contribution in [0.4, 0.5) is 5.69 Å². The number of anilines is 1. The Hall–Kier alpha value is -3.67. The summed E-state index contributed by atoms with van der Waals surface area (Å²) < 4.78 is 23.0. The molecule has 0 bridgehead atoms. The van der Waals surface area contributed by atoms with Gasteiger partial charge in [-0.2, -0.15) is 0 Å². The van der Waals surface area contributed by atoms with Crippen molar-refractivity contribution in [2.75, 3.05) is 45.4 Å². The first kappa shape index (κ1) is 61.3. The molecule has 67 heavy (non-hydrogen) atoms. The maximum Gasteiger partial charge on any atom is 0.309 e. The van der Waals surface area contributed by atoms with Crippen molar-refractivity contribution in [3.63, 3.8) is 0 Å². The molecule has 1 aromatic carbocycles. The summed E-state index contributed by atoms with van der Waals surface area (Å²) in [5, 5.41) is 13.5. The molecule has 0 saturated carbocycles. The maximum absolute atomic E-state index is 13.9. The molecule has 386 valence electrons. The normalized spacial score (nSPS) is 13.3. The molecule has 0 radical (unpaired) electrons. The van der Waals surface area contributed by atoms with Crippen LogP contribution in [0.2, 0.25) is 0 Å². The molecule has 0 aliphatic rings. The molecule has 0 saturated heterocycles. The van der Waals surface area contributed by atoms with E-state index in [0.29, 0.717) is 6.42 Å². The molecule has 0 heterocycles. The monoisotopic (exact) mass is 945 g/mol. The number of carbonyl (C=O) groups excluding carboxylic acids is 5. The lowest BCUT2D eigenvalue weighted by molar-refractivity contribution is -0.171. The lowest BCUT2D eigenvalue weighted by Gasteiger charge is -2.29. The second kappa shape index (κ2) is 38.2. The second-order valence-electron chi connectivity index (χ2n) is 19.7. The van der Waals surface area contributed by atoms with Gasteiger partial charge in [-0.3, -0.25) is 24.0 Å². The van der Waals surface area contributed by atoms with E-state index in [1.807, 2.05) is 43.3 Å². The van der Waals surface area contributed by atoms with Gasteiger partial charge in [-0.1, -0.05) is 182 Å². The minimum atomic E-state index is -1.52. The Morgan fingerprint density at radius 2 is 1.01 bits per heavy atom. The first-order chi connectivity index (χ1) is 32.2. The van der Waals surface area contributed by atoms with Crippen LogP contribution >= 0.6 is 0 Å². The molecule has 0 aliphatic carbocycles. The van der Waals surface area contributed by atoms with Crippen molar-refractivity contribution in [3.8, 4) is 0 Å². The minimum Gasteiger partial charge on any atom is -0.465 e. The van der Waals surface area contributed by atoms with Gasteiger partial charge < -0.3 is 34.3 Å². The summed E-state index contributed by atoms with van der Waals surface area (Å²) in [7, 11) is 3.92. The average Bonchev–Trinajstić information content (AvgIpc) is 3.31.